The number of ether oxygens (including phenoxy) is 4. The molecule has 1 saturated heterocycles. The van der Waals surface area contributed by atoms with Gasteiger partial charge in [-0.05, 0) is 66.9 Å². The summed E-state index contributed by atoms with van der Waals surface area (Å²) in [5.74, 6) is 0.542. The number of amides is 1. The Morgan fingerprint density at radius 2 is 1.79 bits per heavy atom. The molecular weight excluding hydrogens is 662 g/mol. The molecule has 1 aromatic heterocycles. The molecule has 6 rings (SSSR count). The number of carbonyl (C=O) groups excluding carboxylic acids is 2. The van der Waals surface area contributed by atoms with Gasteiger partial charge in [0.25, 0.3) is 5.78 Å². The highest BCUT2D eigenvalue weighted by Gasteiger charge is 2.48. The van der Waals surface area contributed by atoms with Gasteiger partial charge in [-0.2, -0.15) is 0 Å². The number of ketones is 1. The maximum atomic E-state index is 13.8. The van der Waals surface area contributed by atoms with Crippen molar-refractivity contribution in [3.05, 3.63) is 87.9 Å². The van der Waals surface area contributed by atoms with Gasteiger partial charge in [0, 0.05) is 16.3 Å². The summed E-state index contributed by atoms with van der Waals surface area (Å²) < 4.78 is 23.9. The van der Waals surface area contributed by atoms with E-state index in [0.29, 0.717) is 75.7 Å². The number of aromatic nitrogens is 2. The number of carbonyl (C=O) groups is 2. The predicted octanol–water partition coefficient (Wildman–Crippen LogP) is 7.46. The Labute approximate surface area is 285 Å². The van der Waals surface area contributed by atoms with Crippen molar-refractivity contribution in [2.45, 2.75) is 42.8 Å². The van der Waals surface area contributed by atoms with Gasteiger partial charge in [-0.1, -0.05) is 66.2 Å². The molecule has 3 heterocycles. The number of thioether (sulfide) groups is 1. The molecule has 1 fully saturated rings. The minimum absolute atomic E-state index is 0.0978. The standard InChI is InChI=1S/C34H32ClN3O7S2/c1-3-5-14-43-24-12-8-21(17-26(24)42-4-2)29-28(30(39)22-9-13-25-27(18-22)45-16-15-44-25)31(40)32(41)38(29)33-36-37-34(47-33)46-19-20-6-10-23(35)11-7-20/h6-13,17-18,29,39H,3-5,14-16,19H2,1-2H3/b30-28+/t29-/m0/s1. The van der Waals surface area contributed by atoms with Crippen LogP contribution < -0.4 is 23.8 Å². The van der Waals surface area contributed by atoms with Crippen LogP contribution in [0.3, 0.4) is 0 Å². The fourth-order valence-corrected chi connectivity index (χ4v) is 7.13. The Morgan fingerprint density at radius 3 is 2.55 bits per heavy atom. The Morgan fingerprint density at radius 1 is 1.00 bits per heavy atom. The molecule has 0 radical (unpaired) electrons. The van der Waals surface area contributed by atoms with Gasteiger partial charge in [-0.3, -0.25) is 14.5 Å². The van der Waals surface area contributed by atoms with E-state index in [-0.39, 0.29) is 16.5 Å². The van der Waals surface area contributed by atoms with Crippen LogP contribution in [0.25, 0.3) is 5.76 Å². The number of Topliss-reactive ketones (excluding diaryl/α,β-unsaturated/α-hetero) is 1. The smallest absolute Gasteiger partial charge is 0.301 e. The second-order valence-corrected chi connectivity index (χ2v) is 13.2. The summed E-state index contributed by atoms with van der Waals surface area (Å²) in [7, 11) is 0. The van der Waals surface area contributed by atoms with Gasteiger partial charge >= 0.3 is 5.91 Å². The summed E-state index contributed by atoms with van der Waals surface area (Å²) in [6, 6.07) is 16.6. The van der Waals surface area contributed by atoms with Crippen LogP contribution in [0, 0.1) is 0 Å². The van der Waals surface area contributed by atoms with Gasteiger partial charge in [-0.25, -0.2) is 0 Å². The van der Waals surface area contributed by atoms with Crippen LogP contribution in [0.2, 0.25) is 5.02 Å². The molecular formula is C34H32ClN3O7S2. The van der Waals surface area contributed by atoms with Crippen LogP contribution in [0.1, 0.15) is 49.4 Å². The first-order chi connectivity index (χ1) is 22.9. The van der Waals surface area contributed by atoms with Gasteiger partial charge in [0.05, 0.1) is 24.8 Å². The molecule has 47 heavy (non-hydrogen) atoms. The van der Waals surface area contributed by atoms with Gasteiger partial charge in [-0.15, -0.1) is 10.2 Å². The average molecular weight is 694 g/mol. The first-order valence-corrected chi connectivity index (χ1v) is 17.4. The van der Waals surface area contributed by atoms with Crippen LogP contribution >= 0.6 is 34.7 Å². The lowest BCUT2D eigenvalue weighted by Crippen LogP contribution is -2.29. The second kappa shape index (κ2) is 14.7. The third kappa shape index (κ3) is 7.04. The number of fused-ring (bicyclic) bond motifs is 1. The summed E-state index contributed by atoms with van der Waals surface area (Å²) in [6.07, 6.45) is 1.84. The van der Waals surface area contributed by atoms with Crippen LogP contribution in [0.15, 0.2) is 70.6 Å². The molecule has 0 saturated carbocycles. The third-order valence-electron chi connectivity index (χ3n) is 7.48. The number of aliphatic hydroxyl groups excluding tert-OH is 1. The zero-order chi connectivity index (χ0) is 32.9. The van der Waals surface area contributed by atoms with E-state index in [1.165, 1.54) is 28.0 Å². The number of nitrogens with zero attached hydrogens (tertiary/aromatic N) is 3. The maximum Gasteiger partial charge on any atom is 0.301 e. The van der Waals surface area contributed by atoms with Crippen LogP contribution in [0.5, 0.6) is 23.0 Å². The number of aliphatic hydroxyl groups is 1. The number of halogens is 1. The minimum atomic E-state index is -1.03. The summed E-state index contributed by atoms with van der Waals surface area (Å²) in [4.78, 5) is 28.9. The lowest BCUT2D eigenvalue weighted by molar-refractivity contribution is -0.132. The minimum Gasteiger partial charge on any atom is -0.507 e. The van der Waals surface area contributed by atoms with E-state index in [1.54, 1.807) is 36.4 Å². The molecule has 3 aromatic carbocycles. The summed E-state index contributed by atoms with van der Waals surface area (Å²) >= 11 is 8.66. The number of unbranched alkanes of at least 4 members (excludes halogenated alkanes) is 1. The average Bonchev–Trinajstić information content (AvgIpc) is 3.66. The normalized spacial score (nSPS) is 16.8. The Bertz CT molecular complexity index is 1810. The number of hydrogen-bond donors (Lipinski definition) is 1. The number of rotatable bonds is 12. The zero-order valence-electron chi connectivity index (χ0n) is 25.7. The van der Waals surface area contributed by atoms with Crippen molar-refractivity contribution in [3.8, 4) is 23.0 Å². The van der Waals surface area contributed by atoms with Crippen molar-refractivity contribution < 1.29 is 33.6 Å². The highest BCUT2D eigenvalue weighted by atomic mass is 35.5. The third-order valence-corrected chi connectivity index (χ3v) is 9.86. The van der Waals surface area contributed by atoms with E-state index in [1.807, 2.05) is 31.2 Å². The summed E-state index contributed by atoms with van der Waals surface area (Å²) in [5.41, 5.74) is 1.78. The lowest BCUT2D eigenvalue weighted by Gasteiger charge is -2.24. The maximum absolute atomic E-state index is 13.8. The van der Waals surface area contributed by atoms with E-state index in [4.69, 9.17) is 30.5 Å². The van der Waals surface area contributed by atoms with Gasteiger partial charge in [0.1, 0.15) is 19.0 Å². The lowest BCUT2D eigenvalue weighted by atomic mass is 9.95. The first-order valence-electron chi connectivity index (χ1n) is 15.2. The molecule has 2 aliphatic heterocycles. The number of benzene rings is 3. The molecule has 0 bridgehead atoms. The molecule has 13 heteroatoms. The topological polar surface area (TPSA) is 120 Å². The van der Waals surface area contributed by atoms with E-state index >= 15 is 0 Å². The monoisotopic (exact) mass is 693 g/mol. The molecule has 10 nitrogen and oxygen atoms in total. The molecule has 2 aliphatic rings. The largest absolute Gasteiger partial charge is 0.507 e. The van der Waals surface area contributed by atoms with Crippen LogP contribution in [-0.4, -0.2) is 53.4 Å². The van der Waals surface area contributed by atoms with E-state index in [9.17, 15) is 14.7 Å². The summed E-state index contributed by atoms with van der Waals surface area (Å²) in [6.45, 7) is 5.58. The Hall–Kier alpha value is -4.26. The van der Waals surface area contributed by atoms with Gasteiger partial charge < -0.3 is 24.1 Å². The van der Waals surface area contributed by atoms with E-state index < -0.39 is 17.7 Å². The van der Waals surface area contributed by atoms with Crippen LogP contribution in [0.4, 0.5) is 5.13 Å². The number of anilines is 1. The Balaban J connectivity index is 1.41. The van der Waals surface area contributed by atoms with E-state index in [2.05, 4.69) is 17.1 Å². The molecule has 1 amide bonds. The highest BCUT2D eigenvalue weighted by Crippen LogP contribution is 2.46. The van der Waals surface area contributed by atoms with Crippen molar-refractivity contribution in [1.82, 2.24) is 10.2 Å². The molecule has 1 atom stereocenters. The molecule has 1 N–H and O–H groups in total. The molecule has 0 spiro atoms. The second-order valence-electron chi connectivity index (χ2n) is 10.6. The molecule has 244 valence electrons. The van der Waals surface area contributed by atoms with Crippen molar-refractivity contribution in [2.24, 2.45) is 0 Å². The van der Waals surface area contributed by atoms with E-state index in [0.717, 1.165) is 18.4 Å². The van der Waals surface area contributed by atoms with Crippen molar-refractivity contribution in [1.29, 1.82) is 0 Å². The number of hydrogen-bond acceptors (Lipinski definition) is 11. The fraction of sp³-hybridized carbons (Fsp3) is 0.294. The SMILES string of the molecule is CCCCOc1ccc([C@H]2/C(=C(\O)c3ccc4c(c3)OCCO4)C(=O)C(=O)N2c2nnc(SCc3ccc(Cl)cc3)s2)cc1OCC. The molecule has 0 aliphatic carbocycles. The predicted molar refractivity (Wildman–Crippen MR) is 181 cm³/mol. The van der Waals surface area contributed by atoms with Crippen molar-refractivity contribution >= 4 is 57.3 Å². The van der Waals surface area contributed by atoms with Gasteiger partial charge in [0.15, 0.2) is 27.3 Å². The van der Waals surface area contributed by atoms with Crippen LogP contribution in [-0.2, 0) is 15.3 Å². The highest BCUT2D eigenvalue weighted by molar-refractivity contribution is 8.00. The zero-order valence-corrected chi connectivity index (χ0v) is 28.1. The summed E-state index contributed by atoms with van der Waals surface area (Å²) in [5, 5.41) is 21.2. The first kappa shape index (κ1) is 32.7. The van der Waals surface area contributed by atoms with Crippen molar-refractivity contribution in [2.75, 3.05) is 31.3 Å². The van der Waals surface area contributed by atoms with Crippen molar-refractivity contribution in [3.63, 3.8) is 0 Å². The Kier molecular flexibility index (Phi) is 10.2. The van der Waals surface area contributed by atoms with Gasteiger partial charge in [0.2, 0.25) is 5.13 Å². The quantitative estimate of drug-likeness (QED) is 0.0400. The molecule has 4 aromatic rings. The fourth-order valence-electron chi connectivity index (χ4n) is 5.18. The molecule has 0 unspecified atom stereocenters.